The Balaban J connectivity index is 2.69. The molecule has 0 fully saturated rings. The fraction of sp³-hybridized carbons (Fsp3) is 0.200. The van der Waals surface area contributed by atoms with Crippen molar-refractivity contribution in [3.63, 3.8) is 0 Å². The maximum Gasteiger partial charge on any atom is 0.350 e. The van der Waals surface area contributed by atoms with Crippen molar-refractivity contribution < 1.29 is 4.39 Å². The number of rotatable bonds is 1. The molecule has 0 spiro atoms. The number of hydrogen-bond donors (Lipinski definition) is 0. The molecule has 2 aromatic rings. The molecule has 0 radical (unpaired) electrons. The normalized spacial score (nSPS) is 10.6. The van der Waals surface area contributed by atoms with Gasteiger partial charge in [-0.2, -0.15) is 5.10 Å². The highest BCUT2D eigenvalue weighted by Gasteiger charge is 2.09. The quantitative estimate of drug-likeness (QED) is 0.700. The molecule has 0 unspecified atom stereocenters. The lowest BCUT2D eigenvalue weighted by molar-refractivity contribution is 0.626. The van der Waals surface area contributed by atoms with E-state index in [-0.39, 0.29) is 11.5 Å². The molecule has 0 amide bonds. The van der Waals surface area contributed by atoms with Crippen molar-refractivity contribution in [2.75, 3.05) is 0 Å². The van der Waals surface area contributed by atoms with Gasteiger partial charge in [-0.25, -0.2) is 18.4 Å². The Morgan fingerprint density at radius 3 is 2.67 bits per heavy atom. The lowest BCUT2D eigenvalue weighted by Crippen LogP contribution is -2.21. The van der Waals surface area contributed by atoms with Crippen molar-refractivity contribution in [3.8, 4) is 5.69 Å². The minimum absolute atomic E-state index is 0.280. The summed E-state index contributed by atoms with van der Waals surface area (Å²) in [6, 6.07) is 5.86. The first-order valence-electron chi connectivity index (χ1n) is 4.48. The highest BCUT2D eigenvalue weighted by Crippen LogP contribution is 2.08. The Morgan fingerprint density at radius 1 is 1.40 bits per heavy atom. The molecule has 0 saturated heterocycles. The van der Waals surface area contributed by atoms with E-state index in [9.17, 15) is 9.18 Å². The van der Waals surface area contributed by atoms with Crippen molar-refractivity contribution in [1.82, 2.24) is 14.3 Å². The zero-order valence-corrected chi connectivity index (χ0v) is 8.44. The van der Waals surface area contributed by atoms with Crippen LogP contribution in [0.5, 0.6) is 0 Å². The van der Waals surface area contributed by atoms with Crippen LogP contribution in [0.2, 0.25) is 0 Å². The third-order valence-corrected chi connectivity index (χ3v) is 2.15. The number of nitrogens with zero attached hydrogens (tertiary/aromatic N) is 3. The molecule has 0 aliphatic rings. The van der Waals surface area contributed by atoms with E-state index in [2.05, 4.69) is 5.10 Å². The minimum Gasteiger partial charge on any atom is -0.247 e. The van der Waals surface area contributed by atoms with Gasteiger partial charge in [-0.3, -0.25) is 0 Å². The van der Waals surface area contributed by atoms with Gasteiger partial charge in [0.25, 0.3) is 0 Å². The molecule has 2 rings (SSSR count). The third kappa shape index (κ3) is 1.56. The van der Waals surface area contributed by atoms with Gasteiger partial charge in [0.15, 0.2) is 0 Å². The fourth-order valence-corrected chi connectivity index (χ4v) is 1.50. The molecule has 0 atom stereocenters. The summed E-state index contributed by atoms with van der Waals surface area (Å²) < 4.78 is 15.6. The van der Waals surface area contributed by atoms with Gasteiger partial charge in [0, 0.05) is 7.05 Å². The van der Waals surface area contributed by atoms with Crippen LogP contribution >= 0.6 is 0 Å². The molecule has 0 aliphatic carbocycles. The highest BCUT2D eigenvalue weighted by molar-refractivity contribution is 5.32. The first kappa shape index (κ1) is 9.64. The molecule has 78 valence electrons. The second kappa shape index (κ2) is 3.34. The van der Waals surface area contributed by atoms with Crippen LogP contribution < -0.4 is 5.69 Å². The van der Waals surface area contributed by atoms with E-state index < -0.39 is 0 Å². The molecule has 0 bridgehead atoms. The minimum atomic E-state index is -0.373. The summed E-state index contributed by atoms with van der Waals surface area (Å²) in [4.78, 5) is 11.6. The number of benzene rings is 1. The Morgan fingerprint density at radius 2 is 2.13 bits per heavy atom. The third-order valence-electron chi connectivity index (χ3n) is 2.15. The van der Waals surface area contributed by atoms with Crippen molar-refractivity contribution in [2.45, 2.75) is 6.92 Å². The summed E-state index contributed by atoms with van der Waals surface area (Å²) in [6.07, 6.45) is 0. The van der Waals surface area contributed by atoms with E-state index >= 15 is 0 Å². The summed E-state index contributed by atoms with van der Waals surface area (Å²) in [5, 5.41) is 3.96. The highest BCUT2D eigenvalue weighted by atomic mass is 19.1. The lowest BCUT2D eigenvalue weighted by atomic mass is 10.3. The molecule has 0 N–H and O–H groups in total. The maximum absolute atomic E-state index is 13.0. The average molecular weight is 207 g/mol. The zero-order chi connectivity index (χ0) is 11.0. The van der Waals surface area contributed by atoms with Gasteiger partial charge < -0.3 is 0 Å². The van der Waals surface area contributed by atoms with Crippen LogP contribution in [0.1, 0.15) is 5.82 Å². The zero-order valence-electron chi connectivity index (χ0n) is 8.44. The Hall–Kier alpha value is -1.91. The summed E-state index contributed by atoms with van der Waals surface area (Å²) in [5.74, 6) is 0.163. The van der Waals surface area contributed by atoms with Crippen LogP contribution in [-0.2, 0) is 7.05 Å². The van der Waals surface area contributed by atoms with Crippen molar-refractivity contribution in [1.29, 1.82) is 0 Å². The first-order valence-corrected chi connectivity index (χ1v) is 4.48. The summed E-state index contributed by atoms with van der Waals surface area (Å²) in [7, 11) is 1.56. The molecule has 1 aromatic carbocycles. The van der Waals surface area contributed by atoms with Gasteiger partial charge in [0.1, 0.15) is 11.6 Å². The topological polar surface area (TPSA) is 39.8 Å². The Bertz CT molecular complexity index is 556. The summed E-state index contributed by atoms with van der Waals surface area (Å²) in [5.41, 5.74) is 0.212. The van der Waals surface area contributed by atoms with Gasteiger partial charge in [0.05, 0.1) is 5.69 Å². The van der Waals surface area contributed by atoms with Crippen LogP contribution in [0, 0.1) is 12.7 Å². The standard InChI is InChI=1S/C10H10FN3O/c1-7-12-13(2)10(15)14(7)9-5-3-4-8(11)6-9/h3-6H,1-2H3. The van der Waals surface area contributed by atoms with E-state index in [1.807, 2.05) is 0 Å². The predicted molar refractivity (Wildman–Crippen MR) is 53.5 cm³/mol. The van der Waals surface area contributed by atoms with Gasteiger partial charge >= 0.3 is 5.69 Å². The molecule has 1 heterocycles. The van der Waals surface area contributed by atoms with Gasteiger partial charge in [0.2, 0.25) is 0 Å². The monoisotopic (exact) mass is 207 g/mol. The second-order valence-corrected chi connectivity index (χ2v) is 3.27. The van der Waals surface area contributed by atoms with Crippen LogP contribution in [0.15, 0.2) is 29.1 Å². The molecule has 0 saturated carbocycles. The van der Waals surface area contributed by atoms with E-state index in [1.54, 1.807) is 26.1 Å². The number of halogens is 1. The second-order valence-electron chi connectivity index (χ2n) is 3.27. The van der Waals surface area contributed by atoms with E-state index in [0.29, 0.717) is 11.5 Å². The Labute approximate surface area is 85.6 Å². The van der Waals surface area contributed by atoms with Gasteiger partial charge in [-0.1, -0.05) is 6.07 Å². The van der Waals surface area contributed by atoms with Gasteiger partial charge in [-0.15, -0.1) is 0 Å². The number of aromatic nitrogens is 3. The van der Waals surface area contributed by atoms with Crippen LogP contribution in [0.4, 0.5) is 4.39 Å². The molecular formula is C10H10FN3O. The average Bonchev–Trinajstić information content (AvgIpc) is 2.41. The predicted octanol–water partition coefficient (Wildman–Crippen LogP) is 1.02. The van der Waals surface area contributed by atoms with Crippen molar-refractivity contribution in [3.05, 3.63) is 46.4 Å². The molecule has 1 aromatic heterocycles. The number of aryl methyl sites for hydroxylation is 2. The van der Waals surface area contributed by atoms with Crippen LogP contribution in [0.3, 0.4) is 0 Å². The van der Waals surface area contributed by atoms with Gasteiger partial charge in [-0.05, 0) is 25.1 Å². The van der Waals surface area contributed by atoms with E-state index in [4.69, 9.17) is 0 Å². The van der Waals surface area contributed by atoms with Crippen LogP contribution in [-0.4, -0.2) is 14.3 Å². The summed E-state index contributed by atoms with van der Waals surface area (Å²) in [6.45, 7) is 1.70. The maximum atomic E-state index is 13.0. The number of hydrogen-bond acceptors (Lipinski definition) is 2. The van der Waals surface area contributed by atoms with Crippen LogP contribution in [0.25, 0.3) is 5.69 Å². The molecule has 15 heavy (non-hydrogen) atoms. The molecule has 4 nitrogen and oxygen atoms in total. The molecular weight excluding hydrogens is 197 g/mol. The van der Waals surface area contributed by atoms with E-state index in [1.165, 1.54) is 21.4 Å². The van der Waals surface area contributed by atoms with Crippen molar-refractivity contribution >= 4 is 0 Å². The molecule has 0 aliphatic heterocycles. The summed E-state index contributed by atoms with van der Waals surface area (Å²) >= 11 is 0. The smallest absolute Gasteiger partial charge is 0.247 e. The SMILES string of the molecule is Cc1nn(C)c(=O)n1-c1cccc(F)c1. The molecule has 5 heteroatoms. The largest absolute Gasteiger partial charge is 0.350 e. The van der Waals surface area contributed by atoms with Crippen molar-refractivity contribution in [2.24, 2.45) is 7.05 Å². The lowest BCUT2D eigenvalue weighted by Gasteiger charge is -2.01. The van der Waals surface area contributed by atoms with E-state index in [0.717, 1.165) is 0 Å². The first-order chi connectivity index (χ1) is 7.09. The Kier molecular flexibility index (Phi) is 2.15. The fourth-order valence-electron chi connectivity index (χ4n) is 1.50.